The van der Waals surface area contributed by atoms with E-state index in [4.69, 9.17) is 84.6 Å². The zero-order valence-corrected chi connectivity index (χ0v) is 76.0. The first-order valence-corrected chi connectivity index (χ1v) is 44.4. The van der Waals surface area contributed by atoms with Crippen molar-refractivity contribution in [2.24, 2.45) is 28.2 Å². The first-order valence-electron chi connectivity index (χ1n) is 40.9. The van der Waals surface area contributed by atoms with Gasteiger partial charge in [-0.15, -0.1) is 22.7 Å². The number of nitriles is 5. The van der Waals surface area contributed by atoms with Crippen molar-refractivity contribution in [1.29, 1.82) is 26.3 Å². The number of thiophene rings is 3. The second-order valence-electron chi connectivity index (χ2n) is 30.2. The number of methoxy groups -OCH3 is 4. The fraction of sp³-hybridized carbons (Fsp3) is 0.118. The number of aromatic nitrogens is 13. The van der Waals surface area contributed by atoms with Crippen LogP contribution in [0.3, 0.4) is 0 Å². The molecule has 0 spiro atoms. The molecule has 12 aromatic heterocycles. The summed E-state index contributed by atoms with van der Waals surface area (Å²) in [7, 11) is 14.1. The molecule has 0 unspecified atom stereocenters. The molecule has 21 rings (SSSR count). The fourth-order valence-electron chi connectivity index (χ4n) is 15.6. The predicted octanol–water partition coefficient (Wildman–Crippen LogP) is 22.4. The fourth-order valence-corrected chi connectivity index (χ4v) is 18.6. The summed E-state index contributed by atoms with van der Waals surface area (Å²) >= 11 is 8.49. The highest BCUT2D eigenvalue weighted by atomic mass is 79.9. The minimum atomic E-state index is 0.248. The topological polar surface area (TPSA) is 329 Å². The quantitative estimate of drug-likeness (QED) is 0.0684. The summed E-state index contributed by atoms with van der Waals surface area (Å²) in [6.07, 6.45) is 8.85. The average molecular weight is 1850 g/mol. The highest BCUT2D eigenvalue weighted by molar-refractivity contribution is 9.10. The summed E-state index contributed by atoms with van der Waals surface area (Å²) in [6, 6.07) is 73.8. The number of ether oxygens (including phenoxy) is 8. The van der Waals surface area contributed by atoms with Crippen molar-refractivity contribution >= 4 is 147 Å². The third-order valence-electron chi connectivity index (χ3n) is 22.2. The van der Waals surface area contributed by atoms with E-state index in [9.17, 15) is 0 Å². The van der Waals surface area contributed by atoms with Crippen molar-refractivity contribution < 1.29 is 37.9 Å². The van der Waals surface area contributed by atoms with E-state index in [1.54, 1.807) is 128 Å². The van der Waals surface area contributed by atoms with E-state index >= 15 is 0 Å². The van der Waals surface area contributed by atoms with Gasteiger partial charge in [0.05, 0.1) is 144 Å². The Morgan fingerprint density at radius 1 is 0.348 bits per heavy atom. The maximum absolute atomic E-state index is 9.17. The molecule has 0 bridgehead atoms. The first-order chi connectivity index (χ1) is 64.5. The van der Waals surface area contributed by atoms with E-state index in [0.717, 1.165) is 158 Å². The maximum Gasteiger partial charge on any atom is 0.162 e. The molecule has 0 aliphatic carbocycles. The zero-order valence-electron chi connectivity index (χ0n) is 71.9. The molecule has 0 atom stereocenters. The van der Waals surface area contributed by atoms with Crippen LogP contribution in [0.4, 0.5) is 0 Å². The highest BCUT2D eigenvalue weighted by Crippen LogP contribution is 2.45. The van der Waals surface area contributed by atoms with Gasteiger partial charge < -0.3 is 37.9 Å². The van der Waals surface area contributed by atoms with Crippen molar-refractivity contribution in [1.82, 2.24) is 64.0 Å². The minimum Gasteiger partial charge on any atom is -0.493 e. The van der Waals surface area contributed by atoms with Gasteiger partial charge in [0.2, 0.25) is 0 Å². The first kappa shape index (κ1) is 86.1. The van der Waals surface area contributed by atoms with Crippen LogP contribution in [0.2, 0.25) is 0 Å². The molecule has 0 saturated carbocycles. The van der Waals surface area contributed by atoms with Crippen molar-refractivity contribution in [2.45, 2.75) is 26.4 Å². The Morgan fingerprint density at radius 3 is 1.03 bits per heavy atom. The number of aryl methyl sites for hydroxylation is 4. The summed E-state index contributed by atoms with van der Waals surface area (Å²) in [5.41, 5.74) is 18.5. The molecule has 0 saturated heterocycles. The third-order valence-corrected chi connectivity index (χ3v) is 25.7. The molecule has 26 nitrogen and oxygen atoms in total. The lowest BCUT2D eigenvalue weighted by Crippen LogP contribution is -1.99. The SMILES string of the molecule is COc1cc2ncc3c(c(-c4ccc(C#N)cc4)nn3C)c2cc1OCc1cc(Br)cs1.COc1cc2ncc3c(c(-c4ccc(C#N)cc4)nn3C)c2cc1OCc1cc2ccccc2s1.COc1cc2ncc3c(c(-c4ccc(C#N)cc4)nn3C)c2cc1OCc1ccnc(C#N)c1.COc1cc2ncc3c(c(-c4ccc(C#N)cc4)nn3C)c2cc1OCc1ccsc1. The monoisotopic (exact) mass is 1850 g/mol. The second-order valence-corrected chi connectivity index (χ2v) is 34.1. The Morgan fingerprint density at radius 2 is 0.705 bits per heavy atom. The Bertz CT molecular complexity index is 8210. The molecule has 21 aromatic rings. The van der Waals surface area contributed by atoms with Crippen molar-refractivity contribution in [3.8, 4) is 121 Å². The molecule has 0 aliphatic rings. The summed E-state index contributed by atoms with van der Waals surface area (Å²) in [4.78, 5) is 24.8. The minimum absolute atomic E-state index is 0.248. The van der Waals surface area contributed by atoms with Crippen LogP contribution in [0.5, 0.6) is 46.0 Å². The third kappa shape index (κ3) is 17.4. The van der Waals surface area contributed by atoms with Crippen LogP contribution in [0, 0.1) is 56.7 Å². The summed E-state index contributed by atoms with van der Waals surface area (Å²) in [5, 5.41) is 79.5. The average Bonchev–Trinajstić information content (AvgIpc) is 1.59. The van der Waals surface area contributed by atoms with Crippen molar-refractivity contribution in [3.05, 3.63) is 301 Å². The van der Waals surface area contributed by atoms with Gasteiger partial charge in [0.25, 0.3) is 0 Å². The largest absolute Gasteiger partial charge is 0.493 e. The molecule has 0 N–H and O–H groups in total. The summed E-state index contributed by atoms with van der Waals surface area (Å²) < 4.78 is 56.5. The van der Waals surface area contributed by atoms with Crippen LogP contribution in [-0.4, -0.2) is 92.5 Å². The number of hydrogen-bond donors (Lipinski definition) is 0. The maximum atomic E-state index is 9.17. The molecule has 0 radical (unpaired) electrons. The van der Waals surface area contributed by atoms with Crippen LogP contribution in [-0.2, 0) is 54.6 Å². The Balaban J connectivity index is 0.000000118. The van der Waals surface area contributed by atoms with Gasteiger partial charge in [-0.1, -0.05) is 66.7 Å². The van der Waals surface area contributed by atoms with Gasteiger partial charge in [-0.2, -0.15) is 58.0 Å². The summed E-state index contributed by atoms with van der Waals surface area (Å²) in [6.45, 7) is 1.60. The van der Waals surface area contributed by atoms with Gasteiger partial charge in [-0.3, -0.25) is 38.7 Å². The van der Waals surface area contributed by atoms with E-state index in [1.807, 2.05) is 211 Å². The Labute approximate surface area is 775 Å². The predicted molar refractivity (Wildman–Crippen MR) is 515 cm³/mol. The lowest BCUT2D eigenvalue weighted by atomic mass is 10.0. The number of pyridine rings is 5. The van der Waals surface area contributed by atoms with Crippen molar-refractivity contribution in [2.75, 3.05) is 28.4 Å². The second kappa shape index (κ2) is 37.7. The number of fused-ring (bicyclic) bond motifs is 13. The Hall–Kier alpha value is -16.7. The van der Waals surface area contributed by atoms with Gasteiger partial charge in [0, 0.05) is 148 Å². The molecule has 0 amide bonds. The van der Waals surface area contributed by atoms with Crippen LogP contribution in [0.15, 0.2) is 252 Å². The molecule has 132 heavy (non-hydrogen) atoms. The number of nitrogens with zero attached hydrogens (tertiary/aromatic N) is 18. The van der Waals surface area contributed by atoms with Gasteiger partial charge in [-0.25, -0.2) is 4.98 Å². The zero-order chi connectivity index (χ0) is 91.2. The molecule has 9 aromatic carbocycles. The number of benzene rings is 9. The van der Waals surface area contributed by atoms with E-state index in [-0.39, 0.29) is 6.61 Å². The van der Waals surface area contributed by atoms with Crippen LogP contribution >= 0.6 is 49.9 Å². The van der Waals surface area contributed by atoms with E-state index in [0.29, 0.717) is 93.8 Å². The number of rotatable bonds is 20. The molecular formula is C102H73BrN18O8S3. The highest BCUT2D eigenvalue weighted by Gasteiger charge is 2.25. The standard InChI is InChI=1S/C28H20N4O2S.C26H18N6O2.C24H17BrN4O2S.C24H18N4O2S/c1-32-23-15-30-22-13-24(33-2)25(34-16-20-11-19-5-3-4-6-26(19)35-20)12-21(22)27(23)28(31-32)18-9-7-17(14-29)8-10-18;1-32-22-14-30-21-11-23(33-2)24(34-15-17-7-8-29-19(9-17)13-28)10-20(21)25(22)26(31-32)18-5-3-16(12-27)4-6-18;1-29-20-11-27-19-9-21(30-2)22(31-12-17-7-16(25)13-32-17)8-18(19)23(20)24(28-29)15-5-3-14(10-26)4-6-15;1-28-20-12-26-19-10-21(29-2)22(30-13-16-7-8-31-14-16)9-18(19)23(20)24(27-28)17-5-3-15(11-25)4-6-17/h3-13,15H,16H2,1-2H3;3-11,14H,15H2,1-2H3;3-9,11,13H,12H2,1-2H3;3-10,12,14H,13H2,1-2H3. The molecular weight excluding hydrogens is 1780 g/mol. The lowest BCUT2D eigenvalue weighted by molar-refractivity contribution is 0.285. The van der Waals surface area contributed by atoms with Crippen LogP contribution < -0.4 is 37.9 Å². The van der Waals surface area contributed by atoms with E-state index in [1.165, 1.54) is 10.1 Å². The molecule has 644 valence electrons. The summed E-state index contributed by atoms with van der Waals surface area (Å²) in [5.74, 6) is 4.96. The van der Waals surface area contributed by atoms with Crippen molar-refractivity contribution in [3.63, 3.8) is 0 Å². The van der Waals surface area contributed by atoms with E-state index in [2.05, 4.69) is 88.7 Å². The molecule has 12 heterocycles. The number of halogens is 1. The molecule has 0 aliphatic heterocycles. The lowest BCUT2D eigenvalue weighted by Gasteiger charge is -2.13. The van der Waals surface area contributed by atoms with Gasteiger partial charge in [-0.05, 0) is 152 Å². The van der Waals surface area contributed by atoms with Gasteiger partial charge >= 0.3 is 0 Å². The Kier molecular flexibility index (Phi) is 24.6. The van der Waals surface area contributed by atoms with Crippen LogP contribution in [0.25, 0.3) is 142 Å². The van der Waals surface area contributed by atoms with E-state index < -0.39 is 0 Å². The number of hydrogen-bond acceptors (Lipinski definition) is 25. The smallest absolute Gasteiger partial charge is 0.162 e. The molecule has 30 heteroatoms. The molecule has 0 fully saturated rings. The van der Waals surface area contributed by atoms with Gasteiger partial charge in [0.1, 0.15) is 61.0 Å². The van der Waals surface area contributed by atoms with Gasteiger partial charge in [0.15, 0.2) is 46.0 Å². The van der Waals surface area contributed by atoms with Crippen LogP contribution in [0.1, 0.15) is 48.8 Å². The normalized spacial score (nSPS) is 11.0.